The van der Waals surface area contributed by atoms with E-state index in [0.717, 1.165) is 29.2 Å². The number of rotatable bonds is 6. The Hall–Kier alpha value is -1.91. The Kier molecular flexibility index (Phi) is 4.89. The average molecular weight is 258 g/mol. The van der Waals surface area contributed by atoms with Crippen LogP contribution in [0.25, 0.3) is 0 Å². The monoisotopic (exact) mass is 258 g/mol. The number of aliphatic hydroxyl groups excluding tert-OH is 1. The van der Waals surface area contributed by atoms with Gasteiger partial charge in [0.1, 0.15) is 11.5 Å². The highest BCUT2D eigenvalue weighted by atomic mass is 16.5. The Labute approximate surface area is 113 Å². The Morgan fingerprint density at radius 3 is 2.58 bits per heavy atom. The van der Waals surface area contributed by atoms with E-state index in [1.807, 2.05) is 43.6 Å². The molecule has 0 saturated carbocycles. The molecule has 1 heterocycles. The first-order valence-electron chi connectivity index (χ1n) is 6.28. The molecule has 0 aliphatic rings. The normalized spacial score (nSPS) is 10.4. The average Bonchev–Trinajstić information content (AvgIpc) is 2.42. The largest absolute Gasteiger partial charge is 0.456 e. The van der Waals surface area contributed by atoms with Gasteiger partial charge in [-0.25, -0.2) is 0 Å². The summed E-state index contributed by atoms with van der Waals surface area (Å²) in [6, 6.07) is 9.67. The molecule has 0 amide bonds. The van der Waals surface area contributed by atoms with E-state index in [1.165, 1.54) is 0 Å². The molecule has 0 spiro atoms. The molecule has 4 heteroatoms. The maximum Gasteiger partial charge on any atom is 0.146 e. The first-order valence-corrected chi connectivity index (χ1v) is 6.28. The van der Waals surface area contributed by atoms with E-state index in [2.05, 4.69) is 10.3 Å². The van der Waals surface area contributed by atoms with E-state index < -0.39 is 0 Å². The first-order chi connectivity index (χ1) is 9.31. The zero-order chi connectivity index (χ0) is 13.5. The Morgan fingerprint density at radius 1 is 1.11 bits per heavy atom. The van der Waals surface area contributed by atoms with Gasteiger partial charge in [0.25, 0.3) is 0 Å². The number of aromatic nitrogens is 1. The van der Waals surface area contributed by atoms with Gasteiger partial charge in [0.05, 0.1) is 6.20 Å². The van der Waals surface area contributed by atoms with Crippen molar-refractivity contribution in [1.82, 2.24) is 10.3 Å². The Balaban J connectivity index is 2.05. The predicted molar refractivity (Wildman–Crippen MR) is 74.3 cm³/mol. The first kappa shape index (κ1) is 13.5. The lowest BCUT2D eigenvalue weighted by Gasteiger charge is -2.07. The van der Waals surface area contributed by atoms with Gasteiger partial charge in [0, 0.05) is 19.3 Å². The summed E-state index contributed by atoms with van der Waals surface area (Å²) in [5.41, 5.74) is 2.17. The standard InChI is InChI=1S/C15H18N2O2/c1-16-9-13-8-15(11-17-10-13)19-14-4-2-12(3-5-14)6-7-18/h2-5,8,10-11,16,18H,6-7,9H2,1H3. The van der Waals surface area contributed by atoms with Crippen molar-refractivity contribution in [2.45, 2.75) is 13.0 Å². The third kappa shape index (κ3) is 4.05. The van der Waals surface area contributed by atoms with Crippen molar-refractivity contribution in [2.24, 2.45) is 0 Å². The van der Waals surface area contributed by atoms with Crippen molar-refractivity contribution in [3.63, 3.8) is 0 Å². The minimum Gasteiger partial charge on any atom is -0.456 e. The van der Waals surface area contributed by atoms with Crippen LogP contribution in [0.15, 0.2) is 42.7 Å². The molecular formula is C15H18N2O2. The van der Waals surface area contributed by atoms with Gasteiger partial charge in [0.2, 0.25) is 0 Å². The number of pyridine rings is 1. The topological polar surface area (TPSA) is 54.4 Å². The maximum absolute atomic E-state index is 8.86. The highest BCUT2D eigenvalue weighted by Gasteiger charge is 2.00. The highest BCUT2D eigenvalue weighted by molar-refractivity contribution is 5.33. The number of ether oxygens (including phenoxy) is 1. The summed E-state index contributed by atoms with van der Waals surface area (Å²) in [6.07, 6.45) is 4.17. The van der Waals surface area contributed by atoms with E-state index >= 15 is 0 Å². The van der Waals surface area contributed by atoms with Gasteiger partial charge in [0.15, 0.2) is 0 Å². The lowest BCUT2D eigenvalue weighted by Crippen LogP contribution is -2.05. The van der Waals surface area contributed by atoms with Crippen LogP contribution in [-0.2, 0) is 13.0 Å². The highest BCUT2D eigenvalue weighted by Crippen LogP contribution is 2.21. The molecule has 2 N–H and O–H groups in total. The fourth-order valence-corrected chi connectivity index (χ4v) is 1.81. The van der Waals surface area contributed by atoms with Gasteiger partial charge in [-0.15, -0.1) is 0 Å². The molecule has 0 bridgehead atoms. The van der Waals surface area contributed by atoms with E-state index in [9.17, 15) is 0 Å². The summed E-state index contributed by atoms with van der Waals surface area (Å²) in [5, 5.41) is 11.9. The van der Waals surface area contributed by atoms with Crippen molar-refractivity contribution < 1.29 is 9.84 Å². The number of hydrogen-bond donors (Lipinski definition) is 2. The Morgan fingerprint density at radius 2 is 1.89 bits per heavy atom. The summed E-state index contributed by atoms with van der Waals surface area (Å²) in [7, 11) is 1.90. The SMILES string of the molecule is CNCc1cncc(Oc2ccc(CCO)cc2)c1. The van der Waals surface area contributed by atoms with Crippen LogP contribution in [0.3, 0.4) is 0 Å². The van der Waals surface area contributed by atoms with Crippen LogP contribution < -0.4 is 10.1 Å². The second-order valence-electron chi connectivity index (χ2n) is 4.28. The lowest BCUT2D eigenvalue weighted by molar-refractivity contribution is 0.299. The van der Waals surface area contributed by atoms with Crippen molar-refractivity contribution in [2.75, 3.05) is 13.7 Å². The van der Waals surface area contributed by atoms with Crippen LogP contribution in [0.5, 0.6) is 11.5 Å². The molecule has 4 nitrogen and oxygen atoms in total. The van der Waals surface area contributed by atoms with E-state index in [1.54, 1.807) is 6.20 Å². The molecule has 19 heavy (non-hydrogen) atoms. The molecule has 0 fully saturated rings. The van der Waals surface area contributed by atoms with Crippen LogP contribution in [-0.4, -0.2) is 23.7 Å². The second-order valence-corrected chi connectivity index (χ2v) is 4.28. The summed E-state index contributed by atoms with van der Waals surface area (Å²) in [4.78, 5) is 4.15. The van der Waals surface area contributed by atoms with E-state index in [4.69, 9.17) is 9.84 Å². The second kappa shape index (κ2) is 6.87. The van der Waals surface area contributed by atoms with Gasteiger partial charge in [-0.2, -0.15) is 0 Å². The zero-order valence-electron chi connectivity index (χ0n) is 11.0. The third-order valence-electron chi connectivity index (χ3n) is 2.71. The van der Waals surface area contributed by atoms with Crippen molar-refractivity contribution in [1.29, 1.82) is 0 Å². The zero-order valence-corrected chi connectivity index (χ0v) is 11.0. The van der Waals surface area contributed by atoms with Crippen LogP contribution >= 0.6 is 0 Å². The minimum atomic E-state index is 0.163. The quantitative estimate of drug-likeness (QED) is 0.833. The van der Waals surface area contributed by atoms with Crippen LogP contribution in [0, 0.1) is 0 Å². The molecule has 0 aliphatic carbocycles. The molecule has 0 aliphatic heterocycles. The molecule has 0 atom stereocenters. The summed E-state index contributed by atoms with van der Waals surface area (Å²) in [6.45, 7) is 0.926. The van der Waals surface area contributed by atoms with Crippen molar-refractivity contribution in [3.8, 4) is 11.5 Å². The molecule has 0 saturated heterocycles. The third-order valence-corrected chi connectivity index (χ3v) is 2.71. The van der Waals surface area contributed by atoms with Gasteiger partial charge in [-0.1, -0.05) is 12.1 Å². The Bertz CT molecular complexity index is 512. The van der Waals surface area contributed by atoms with Crippen molar-refractivity contribution >= 4 is 0 Å². The molecule has 0 radical (unpaired) electrons. The summed E-state index contributed by atoms with van der Waals surface area (Å²) in [5.74, 6) is 1.49. The van der Waals surface area contributed by atoms with Gasteiger partial charge >= 0.3 is 0 Å². The summed E-state index contributed by atoms with van der Waals surface area (Å²) < 4.78 is 5.75. The molecule has 2 rings (SSSR count). The molecule has 2 aromatic rings. The molecule has 0 unspecified atom stereocenters. The smallest absolute Gasteiger partial charge is 0.146 e. The number of benzene rings is 1. The molecule has 1 aromatic heterocycles. The van der Waals surface area contributed by atoms with Crippen LogP contribution in [0.1, 0.15) is 11.1 Å². The summed E-state index contributed by atoms with van der Waals surface area (Å²) >= 11 is 0. The van der Waals surface area contributed by atoms with Gasteiger partial charge in [-0.05, 0) is 42.8 Å². The van der Waals surface area contributed by atoms with Gasteiger partial charge in [-0.3, -0.25) is 4.98 Å². The maximum atomic E-state index is 8.86. The van der Waals surface area contributed by atoms with Crippen LogP contribution in [0.2, 0.25) is 0 Å². The predicted octanol–water partition coefficient (Wildman–Crippen LogP) is 2.13. The fourth-order valence-electron chi connectivity index (χ4n) is 1.81. The molecule has 100 valence electrons. The number of aliphatic hydroxyl groups is 1. The number of nitrogens with zero attached hydrogens (tertiary/aromatic N) is 1. The lowest BCUT2D eigenvalue weighted by atomic mass is 10.1. The van der Waals surface area contributed by atoms with Crippen molar-refractivity contribution in [3.05, 3.63) is 53.9 Å². The fraction of sp³-hybridized carbons (Fsp3) is 0.267. The molecular weight excluding hydrogens is 240 g/mol. The number of hydrogen-bond acceptors (Lipinski definition) is 4. The van der Waals surface area contributed by atoms with Gasteiger partial charge < -0.3 is 15.2 Å². The van der Waals surface area contributed by atoms with E-state index in [-0.39, 0.29) is 6.61 Å². The molecule has 1 aromatic carbocycles. The van der Waals surface area contributed by atoms with Crippen LogP contribution in [0.4, 0.5) is 0 Å². The number of nitrogens with one attached hydrogen (secondary N) is 1. The van der Waals surface area contributed by atoms with E-state index in [0.29, 0.717) is 6.42 Å². The minimum absolute atomic E-state index is 0.163.